The SMILES string of the molecule is O=C(O)C=Cc1ccc(NC(=O)Cn2cncn2)cc1F. The maximum absolute atomic E-state index is 13.7. The molecule has 1 amide bonds. The molecule has 0 fully saturated rings. The molecule has 0 saturated carbocycles. The molecule has 0 saturated heterocycles. The first kappa shape index (κ1) is 14.4. The Morgan fingerprint density at radius 1 is 1.43 bits per heavy atom. The molecular weight excluding hydrogens is 279 g/mol. The van der Waals surface area contributed by atoms with Crippen LogP contribution in [0.25, 0.3) is 6.08 Å². The molecule has 1 heterocycles. The van der Waals surface area contributed by atoms with Gasteiger partial charge in [-0.3, -0.25) is 4.79 Å². The van der Waals surface area contributed by atoms with E-state index in [-0.39, 0.29) is 23.7 Å². The third kappa shape index (κ3) is 4.23. The van der Waals surface area contributed by atoms with Crippen molar-refractivity contribution in [1.29, 1.82) is 0 Å². The van der Waals surface area contributed by atoms with Gasteiger partial charge in [-0.25, -0.2) is 18.9 Å². The Bertz CT molecular complexity index is 683. The third-order valence-corrected chi connectivity index (χ3v) is 2.46. The van der Waals surface area contributed by atoms with E-state index in [9.17, 15) is 14.0 Å². The third-order valence-electron chi connectivity index (χ3n) is 2.46. The van der Waals surface area contributed by atoms with E-state index in [1.54, 1.807) is 0 Å². The van der Waals surface area contributed by atoms with Gasteiger partial charge in [0.25, 0.3) is 0 Å². The second kappa shape index (κ2) is 6.42. The van der Waals surface area contributed by atoms with Crippen molar-refractivity contribution in [1.82, 2.24) is 14.8 Å². The van der Waals surface area contributed by atoms with E-state index in [1.807, 2.05) is 0 Å². The van der Waals surface area contributed by atoms with Gasteiger partial charge in [-0.15, -0.1) is 0 Å². The Labute approximate surface area is 118 Å². The molecule has 2 N–H and O–H groups in total. The molecular formula is C13H11FN4O3. The minimum absolute atomic E-state index is 0.0394. The van der Waals surface area contributed by atoms with Crippen LogP contribution in [0.3, 0.4) is 0 Å². The van der Waals surface area contributed by atoms with Gasteiger partial charge in [0.2, 0.25) is 5.91 Å². The number of nitrogens with one attached hydrogen (secondary N) is 1. The van der Waals surface area contributed by atoms with E-state index in [2.05, 4.69) is 15.4 Å². The quantitative estimate of drug-likeness (QED) is 0.805. The summed E-state index contributed by atoms with van der Waals surface area (Å²) >= 11 is 0. The highest BCUT2D eigenvalue weighted by Gasteiger charge is 2.06. The number of anilines is 1. The van der Waals surface area contributed by atoms with E-state index in [1.165, 1.54) is 29.5 Å². The van der Waals surface area contributed by atoms with E-state index in [0.717, 1.165) is 18.2 Å². The Morgan fingerprint density at radius 2 is 2.24 bits per heavy atom. The zero-order valence-corrected chi connectivity index (χ0v) is 10.7. The highest BCUT2D eigenvalue weighted by Crippen LogP contribution is 2.16. The molecule has 0 aliphatic heterocycles. The Hall–Kier alpha value is -3.03. The molecule has 0 unspecified atom stereocenters. The van der Waals surface area contributed by atoms with Gasteiger partial charge < -0.3 is 10.4 Å². The van der Waals surface area contributed by atoms with Crippen molar-refractivity contribution < 1.29 is 19.1 Å². The highest BCUT2D eigenvalue weighted by molar-refractivity contribution is 5.90. The number of benzene rings is 1. The van der Waals surface area contributed by atoms with Gasteiger partial charge >= 0.3 is 5.97 Å². The largest absolute Gasteiger partial charge is 0.478 e. The number of carboxylic acid groups (broad SMARTS) is 1. The lowest BCUT2D eigenvalue weighted by Gasteiger charge is -2.06. The van der Waals surface area contributed by atoms with Crippen LogP contribution in [0.15, 0.2) is 36.9 Å². The number of carbonyl (C=O) groups is 2. The zero-order chi connectivity index (χ0) is 15.2. The first-order chi connectivity index (χ1) is 10.0. The van der Waals surface area contributed by atoms with Crippen molar-refractivity contribution in [2.24, 2.45) is 0 Å². The van der Waals surface area contributed by atoms with E-state index >= 15 is 0 Å². The number of halogens is 1. The average molecular weight is 290 g/mol. The van der Waals surface area contributed by atoms with Crippen LogP contribution >= 0.6 is 0 Å². The standard InChI is InChI=1S/C13H11FN4O3/c14-11-5-10(3-1-9(11)2-4-13(20)21)17-12(19)6-18-8-15-7-16-18/h1-5,7-8H,6H2,(H,17,19)(H,20,21). The summed E-state index contributed by atoms with van der Waals surface area (Å²) in [5.74, 6) is -2.18. The van der Waals surface area contributed by atoms with E-state index in [4.69, 9.17) is 5.11 Å². The van der Waals surface area contributed by atoms with Crippen LogP contribution in [0.2, 0.25) is 0 Å². The van der Waals surface area contributed by atoms with Gasteiger partial charge in [0.15, 0.2) is 0 Å². The van der Waals surface area contributed by atoms with Crippen LogP contribution in [-0.4, -0.2) is 31.7 Å². The van der Waals surface area contributed by atoms with Gasteiger partial charge in [0.05, 0.1) is 0 Å². The first-order valence-electron chi connectivity index (χ1n) is 5.87. The summed E-state index contributed by atoms with van der Waals surface area (Å²) < 4.78 is 15.0. The predicted molar refractivity (Wildman–Crippen MR) is 71.7 cm³/mol. The summed E-state index contributed by atoms with van der Waals surface area (Å²) in [5, 5.41) is 14.8. The Kier molecular flexibility index (Phi) is 4.39. The lowest BCUT2D eigenvalue weighted by molar-refractivity contribution is -0.131. The van der Waals surface area contributed by atoms with E-state index in [0.29, 0.717) is 0 Å². The molecule has 0 radical (unpaired) electrons. The summed E-state index contributed by atoms with van der Waals surface area (Å²) in [7, 11) is 0. The summed E-state index contributed by atoms with van der Waals surface area (Å²) in [6.07, 6.45) is 4.66. The van der Waals surface area contributed by atoms with Gasteiger partial charge in [-0.05, 0) is 24.3 Å². The molecule has 8 heteroatoms. The number of hydrogen-bond acceptors (Lipinski definition) is 4. The molecule has 108 valence electrons. The highest BCUT2D eigenvalue weighted by atomic mass is 19.1. The minimum Gasteiger partial charge on any atom is -0.478 e. The maximum Gasteiger partial charge on any atom is 0.328 e. The molecule has 2 rings (SSSR count). The van der Waals surface area contributed by atoms with Crippen LogP contribution in [0.1, 0.15) is 5.56 Å². The molecule has 0 aliphatic carbocycles. The molecule has 2 aromatic rings. The number of carboxylic acids is 1. The number of aromatic nitrogens is 3. The van der Waals surface area contributed by atoms with Crippen molar-refractivity contribution in [2.75, 3.05) is 5.32 Å². The normalized spacial score (nSPS) is 10.7. The molecule has 0 bridgehead atoms. The number of rotatable bonds is 5. The summed E-state index contributed by atoms with van der Waals surface area (Å²) in [4.78, 5) is 25.7. The van der Waals surface area contributed by atoms with Crippen molar-refractivity contribution in [3.05, 3.63) is 48.3 Å². The fourth-order valence-electron chi connectivity index (χ4n) is 1.56. The molecule has 7 nitrogen and oxygen atoms in total. The number of carbonyl (C=O) groups excluding carboxylic acids is 1. The van der Waals surface area contributed by atoms with Crippen LogP contribution < -0.4 is 5.32 Å². The predicted octanol–water partition coefficient (Wildman–Crippen LogP) is 1.15. The molecule has 1 aromatic heterocycles. The monoisotopic (exact) mass is 290 g/mol. The number of aliphatic carboxylic acids is 1. The maximum atomic E-state index is 13.7. The Balaban J connectivity index is 2.03. The van der Waals surface area contributed by atoms with E-state index < -0.39 is 11.8 Å². The van der Waals surface area contributed by atoms with Crippen LogP contribution in [0.5, 0.6) is 0 Å². The summed E-state index contributed by atoms with van der Waals surface area (Å²) in [6.45, 7) is -0.0394. The first-order valence-corrected chi connectivity index (χ1v) is 5.87. The molecule has 0 spiro atoms. The van der Waals surface area contributed by atoms with Gasteiger partial charge in [0, 0.05) is 17.3 Å². The van der Waals surface area contributed by atoms with Crippen molar-refractivity contribution in [3.8, 4) is 0 Å². The zero-order valence-electron chi connectivity index (χ0n) is 10.7. The lowest BCUT2D eigenvalue weighted by atomic mass is 10.1. The second-order valence-corrected chi connectivity index (χ2v) is 4.05. The van der Waals surface area contributed by atoms with Crippen molar-refractivity contribution in [3.63, 3.8) is 0 Å². The topological polar surface area (TPSA) is 97.1 Å². The smallest absolute Gasteiger partial charge is 0.328 e. The van der Waals surface area contributed by atoms with Crippen molar-refractivity contribution in [2.45, 2.75) is 6.54 Å². The van der Waals surface area contributed by atoms with Gasteiger partial charge in [-0.1, -0.05) is 0 Å². The van der Waals surface area contributed by atoms with Crippen molar-refractivity contribution >= 4 is 23.6 Å². The molecule has 21 heavy (non-hydrogen) atoms. The van der Waals surface area contributed by atoms with Crippen LogP contribution in [-0.2, 0) is 16.1 Å². The fourth-order valence-corrected chi connectivity index (χ4v) is 1.56. The minimum atomic E-state index is -1.17. The number of nitrogens with zero attached hydrogens (tertiary/aromatic N) is 3. The fraction of sp³-hybridized carbons (Fsp3) is 0.0769. The molecule has 1 aromatic carbocycles. The lowest BCUT2D eigenvalue weighted by Crippen LogP contribution is -2.19. The second-order valence-electron chi connectivity index (χ2n) is 4.05. The van der Waals surface area contributed by atoms with Gasteiger partial charge in [0.1, 0.15) is 25.0 Å². The average Bonchev–Trinajstić information content (AvgIpc) is 2.90. The van der Waals surface area contributed by atoms with Crippen LogP contribution in [0, 0.1) is 5.82 Å². The summed E-state index contributed by atoms with van der Waals surface area (Å²) in [6, 6.07) is 3.96. The summed E-state index contributed by atoms with van der Waals surface area (Å²) in [5.41, 5.74) is 0.386. The number of amides is 1. The van der Waals surface area contributed by atoms with Crippen LogP contribution in [0.4, 0.5) is 10.1 Å². The number of hydrogen-bond donors (Lipinski definition) is 2. The Morgan fingerprint density at radius 3 is 2.86 bits per heavy atom. The molecule has 0 aliphatic rings. The van der Waals surface area contributed by atoms with Gasteiger partial charge in [-0.2, -0.15) is 5.10 Å². The molecule has 0 atom stereocenters.